The summed E-state index contributed by atoms with van der Waals surface area (Å²) < 4.78 is 0. The molecule has 0 radical (unpaired) electrons. The van der Waals surface area contributed by atoms with Crippen LogP contribution in [-0.2, 0) is 10.5 Å². The van der Waals surface area contributed by atoms with Gasteiger partial charge in [-0.15, -0.1) is 11.8 Å². The minimum Gasteiger partial charge on any atom is -0.349 e. The standard InChI is InChI=1S/C20H24ClNOS/c1-4-19(18-10-5-14(2)11-15(18)3)22-20(23)13-24-12-16-6-8-17(21)9-7-16/h5-11,19H,4,12-13H2,1-3H3,(H,22,23). The average Bonchev–Trinajstić information content (AvgIpc) is 2.55. The largest absolute Gasteiger partial charge is 0.349 e. The van der Waals surface area contributed by atoms with Crippen LogP contribution in [0.4, 0.5) is 0 Å². The number of hydrogen-bond acceptors (Lipinski definition) is 2. The SMILES string of the molecule is CCC(NC(=O)CSCc1ccc(Cl)cc1)c1ccc(C)cc1C. The molecule has 1 atom stereocenters. The van der Waals surface area contributed by atoms with E-state index in [-0.39, 0.29) is 11.9 Å². The summed E-state index contributed by atoms with van der Waals surface area (Å²) >= 11 is 7.50. The van der Waals surface area contributed by atoms with Gasteiger partial charge in [0, 0.05) is 10.8 Å². The predicted octanol–water partition coefficient (Wildman–Crippen LogP) is 5.46. The van der Waals surface area contributed by atoms with E-state index in [1.54, 1.807) is 11.8 Å². The molecule has 24 heavy (non-hydrogen) atoms. The zero-order chi connectivity index (χ0) is 17.5. The molecule has 2 nitrogen and oxygen atoms in total. The van der Waals surface area contributed by atoms with Gasteiger partial charge >= 0.3 is 0 Å². The third-order valence-electron chi connectivity index (χ3n) is 3.96. The number of aryl methyl sites for hydroxylation is 2. The van der Waals surface area contributed by atoms with Crippen LogP contribution in [0.2, 0.25) is 5.02 Å². The molecule has 2 aromatic rings. The second-order valence-electron chi connectivity index (χ2n) is 6.01. The van der Waals surface area contributed by atoms with Gasteiger partial charge in [0.25, 0.3) is 0 Å². The Kier molecular flexibility index (Phi) is 7.19. The van der Waals surface area contributed by atoms with Crippen LogP contribution in [0.3, 0.4) is 0 Å². The topological polar surface area (TPSA) is 29.1 Å². The highest BCUT2D eigenvalue weighted by Gasteiger charge is 2.14. The van der Waals surface area contributed by atoms with E-state index in [4.69, 9.17) is 11.6 Å². The lowest BCUT2D eigenvalue weighted by molar-refractivity contribution is -0.119. The highest BCUT2D eigenvalue weighted by molar-refractivity contribution is 7.99. The van der Waals surface area contributed by atoms with Gasteiger partial charge in [-0.05, 0) is 49.1 Å². The minimum atomic E-state index is 0.0780. The first-order valence-electron chi connectivity index (χ1n) is 8.18. The van der Waals surface area contributed by atoms with E-state index in [1.165, 1.54) is 22.3 Å². The summed E-state index contributed by atoms with van der Waals surface area (Å²) in [5, 5.41) is 3.89. The predicted molar refractivity (Wildman–Crippen MR) is 105 cm³/mol. The molecule has 1 amide bonds. The first-order valence-corrected chi connectivity index (χ1v) is 9.71. The second kappa shape index (κ2) is 9.14. The lowest BCUT2D eigenvalue weighted by Gasteiger charge is -2.20. The Morgan fingerprint density at radius 2 is 1.88 bits per heavy atom. The third kappa shape index (κ3) is 5.57. The molecule has 2 rings (SSSR count). The molecule has 0 aliphatic carbocycles. The molecular formula is C20H24ClNOS. The molecule has 1 N–H and O–H groups in total. The van der Waals surface area contributed by atoms with Crippen molar-refractivity contribution in [3.8, 4) is 0 Å². The monoisotopic (exact) mass is 361 g/mol. The molecule has 0 aliphatic rings. The van der Waals surface area contributed by atoms with Crippen LogP contribution in [0.25, 0.3) is 0 Å². The zero-order valence-electron chi connectivity index (χ0n) is 14.4. The Labute approximate surface area is 154 Å². The highest BCUT2D eigenvalue weighted by atomic mass is 35.5. The number of thioether (sulfide) groups is 1. The molecule has 128 valence electrons. The Hall–Kier alpha value is -1.45. The molecule has 0 aromatic heterocycles. The van der Waals surface area contributed by atoms with E-state index in [0.29, 0.717) is 5.75 Å². The fourth-order valence-electron chi connectivity index (χ4n) is 2.69. The molecule has 0 saturated heterocycles. The van der Waals surface area contributed by atoms with E-state index in [2.05, 4.69) is 44.3 Å². The van der Waals surface area contributed by atoms with Crippen LogP contribution >= 0.6 is 23.4 Å². The van der Waals surface area contributed by atoms with Crippen LogP contribution in [0.5, 0.6) is 0 Å². The van der Waals surface area contributed by atoms with Crippen molar-refractivity contribution < 1.29 is 4.79 Å². The fourth-order valence-corrected chi connectivity index (χ4v) is 3.62. The molecule has 0 spiro atoms. The van der Waals surface area contributed by atoms with Gasteiger partial charge in [0.05, 0.1) is 11.8 Å². The second-order valence-corrected chi connectivity index (χ2v) is 7.43. The quantitative estimate of drug-likeness (QED) is 0.709. The van der Waals surface area contributed by atoms with E-state index < -0.39 is 0 Å². The van der Waals surface area contributed by atoms with Crippen molar-refractivity contribution in [2.24, 2.45) is 0 Å². The van der Waals surface area contributed by atoms with Gasteiger partial charge in [0.15, 0.2) is 0 Å². The normalized spacial score (nSPS) is 12.0. The van der Waals surface area contributed by atoms with Gasteiger partial charge in [0.2, 0.25) is 5.91 Å². The van der Waals surface area contributed by atoms with Crippen molar-refractivity contribution >= 4 is 29.3 Å². The molecule has 0 fully saturated rings. The maximum Gasteiger partial charge on any atom is 0.230 e. The van der Waals surface area contributed by atoms with Crippen molar-refractivity contribution in [3.63, 3.8) is 0 Å². The summed E-state index contributed by atoms with van der Waals surface area (Å²) in [5.74, 6) is 1.36. The third-order valence-corrected chi connectivity index (χ3v) is 5.22. The Morgan fingerprint density at radius 1 is 1.17 bits per heavy atom. The minimum absolute atomic E-state index is 0.0780. The van der Waals surface area contributed by atoms with Crippen LogP contribution < -0.4 is 5.32 Å². The van der Waals surface area contributed by atoms with Crippen molar-refractivity contribution in [1.29, 1.82) is 0 Å². The molecule has 0 aliphatic heterocycles. The van der Waals surface area contributed by atoms with Gasteiger partial charge in [-0.3, -0.25) is 4.79 Å². The lowest BCUT2D eigenvalue weighted by Crippen LogP contribution is -2.30. The fraction of sp³-hybridized carbons (Fsp3) is 0.350. The highest BCUT2D eigenvalue weighted by Crippen LogP contribution is 2.22. The van der Waals surface area contributed by atoms with Gasteiger partial charge in [-0.1, -0.05) is 54.4 Å². The van der Waals surface area contributed by atoms with Gasteiger partial charge < -0.3 is 5.32 Å². The maximum atomic E-state index is 12.3. The number of amides is 1. The molecule has 0 heterocycles. The lowest BCUT2D eigenvalue weighted by atomic mass is 9.97. The van der Waals surface area contributed by atoms with Gasteiger partial charge in [-0.2, -0.15) is 0 Å². The van der Waals surface area contributed by atoms with Crippen molar-refractivity contribution in [3.05, 3.63) is 69.7 Å². The van der Waals surface area contributed by atoms with Crippen LogP contribution in [0.15, 0.2) is 42.5 Å². The number of nitrogens with one attached hydrogen (secondary N) is 1. The number of carbonyl (C=O) groups is 1. The van der Waals surface area contributed by atoms with Crippen molar-refractivity contribution in [2.45, 2.75) is 39.0 Å². The van der Waals surface area contributed by atoms with Crippen molar-refractivity contribution in [2.75, 3.05) is 5.75 Å². The van der Waals surface area contributed by atoms with Crippen molar-refractivity contribution in [1.82, 2.24) is 5.32 Å². The number of rotatable bonds is 7. The molecule has 0 bridgehead atoms. The van der Waals surface area contributed by atoms with E-state index in [0.717, 1.165) is 17.2 Å². The number of hydrogen-bond donors (Lipinski definition) is 1. The summed E-state index contributed by atoms with van der Waals surface area (Å²) in [6.07, 6.45) is 0.886. The smallest absolute Gasteiger partial charge is 0.230 e. The molecule has 0 saturated carbocycles. The van der Waals surface area contributed by atoms with E-state index in [9.17, 15) is 4.79 Å². The molecular weight excluding hydrogens is 338 g/mol. The first-order chi connectivity index (χ1) is 11.5. The summed E-state index contributed by atoms with van der Waals surface area (Å²) in [7, 11) is 0. The number of halogens is 1. The average molecular weight is 362 g/mol. The van der Waals surface area contributed by atoms with E-state index in [1.807, 2.05) is 24.3 Å². The van der Waals surface area contributed by atoms with E-state index >= 15 is 0 Å². The Bertz CT molecular complexity index is 685. The number of benzene rings is 2. The van der Waals surface area contributed by atoms with Crippen LogP contribution in [0, 0.1) is 13.8 Å². The molecule has 4 heteroatoms. The van der Waals surface area contributed by atoms with Crippen LogP contribution in [-0.4, -0.2) is 11.7 Å². The van der Waals surface area contributed by atoms with Gasteiger partial charge in [0.1, 0.15) is 0 Å². The number of carbonyl (C=O) groups excluding carboxylic acids is 1. The maximum absolute atomic E-state index is 12.3. The molecule has 2 aromatic carbocycles. The summed E-state index contributed by atoms with van der Waals surface area (Å²) in [6.45, 7) is 6.29. The summed E-state index contributed by atoms with van der Waals surface area (Å²) in [6, 6.07) is 14.2. The van der Waals surface area contributed by atoms with Gasteiger partial charge in [-0.25, -0.2) is 0 Å². The first kappa shape index (κ1) is 18.9. The Balaban J connectivity index is 1.86. The Morgan fingerprint density at radius 3 is 2.50 bits per heavy atom. The zero-order valence-corrected chi connectivity index (χ0v) is 16.0. The molecule has 1 unspecified atom stereocenters. The summed E-state index contributed by atoms with van der Waals surface area (Å²) in [5.41, 5.74) is 4.87. The summed E-state index contributed by atoms with van der Waals surface area (Å²) in [4.78, 5) is 12.3. The van der Waals surface area contributed by atoms with Crippen LogP contribution in [0.1, 0.15) is 41.6 Å².